The zero-order chi connectivity index (χ0) is 18.2. The first-order valence-electron chi connectivity index (χ1n) is 9.89. The largest absolute Gasteiger partial charge is 0.418 e. The van der Waals surface area contributed by atoms with Crippen molar-refractivity contribution in [2.24, 2.45) is 23.7 Å². The molecule has 4 nitrogen and oxygen atoms in total. The van der Waals surface area contributed by atoms with Crippen LogP contribution in [0.5, 0.6) is 0 Å². The van der Waals surface area contributed by atoms with E-state index in [1.54, 1.807) is 0 Å². The third-order valence-electron chi connectivity index (χ3n) is 7.10. The van der Waals surface area contributed by atoms with Crippen molar-refractivity contribution >= 4 is 42.3 Å². The van der Waals surface area contributed by atoms with Crippen LogP contribution < -0.4 is 0 Å². The van der Waals surface area contributed by atoms with Gasteiger partial charge in [0.1, 0.15) is 0 Å². The quantitative estimate of drug-likeness (QED) is 0.457. The van der Waals surface area contributed by atoms with Gasteiger partial charge in [0.05, 0.1) is 0 Å². The summed E-state index contributed by atoms with van der Waals surface area (Å²) >= 11 is -0.918. The molecule has 0 radical (unpaired) electrons. The number of rotatable bonds is 1. The second-order valence-corrected chi connectivity index (χ2v) is 11.4. The molecule has 0 N–H and O–H groups in total. The van der Waals surface area contributed by atoms with Gasteiger partial charge in [0.25, 0.3) is 5.79 Å². The number of benzene rings is 1. The van der Waals surface area contributed by atoms with Crippen molar-refractivity contribution in [3.63, 3.8) is 0 Å². The minimum absolute atomic E-state index is 0.199. The molecule has 5 fully saturated rings. The molecule has 0 amide bonds. The van der Waals surface area contributed by atoms with Crippen LogP contribution in [0, 0.1) is 27.2 Å². The van der Waals surface area contributed by atoms with Crippen molar-refractivity contribution in [3.8, 4) is 0 Å². The standard InChI is InChI=1S/C22H21IO4/c24-20-19(23-18-6-2-4-14-3-1-5-17(14)18)21(25)27-22(26-20)15-8-12-7-13(10-15)11-16(22)9-12/h1-2,4-6,12-13,15-16H,3,7-11H2. The minimum atomic E-state index is -0.965. The summed E-state index contributed by atoms with van der Waals surface area (Å²) in [5, 5.41) is 0. The van der Waals surface area contributed by atoms with Gasteiger partial charge >= 0.3 is 11.9 Å². The summed E-state index contributed by atoms with van der Waals surface area (Å²) in [5.41, 5.74) is 2.44. The number of halogens is 1. The van der Waals surface area contributed by atoms with E-state index in [0.29, 0.717) is 0 Å². The summed E-state index contributed by atoms with van der Waals surface area (Å²) < 4.78 is 13.4. The molecule has 6 aliphatic rings. The van der Waals surface area contributed by atoms with Crippen LogP contribution in [0.2, 0.25) is 0 Å². The molecule has 5 heteroatoms. The average molecular weight is 476 g/mol. The summed E-state index contributed by atoms with van der Waals surface area (Å²) in [5.74, 6) is 0.0692. The molecule has 1 saturated heterocycles. The molecule has 4 bridgehead atoms. The van der Waals surface area contributed by atoms with Crippen LogP contribution >= 0.6 is 20.7 Å². The Bertz CT molecular complexity index is 878. The number of ether oxygens (including phenoxy) is 2. The van der Waals surface area contributed by atoms with Gasteiger partial charge in [-0.05, 0) is 67.6 Å². The van der Waals surface area contributed by atoms with Gasteiger partial charge in [-0.15, -0.1) is 0 Å². The van der Waals surface area contributed by atoms with Crippen LogP contribution in [0.3, 0.4) is 0 Å². The van der Waals surface area contributed by atoms with Gasteiger partial charge in [0, 0.05) is 15.4 Å². The summed E-state index contributed by atoms with van der Waals surface area (Å²) in [6.07, 6.45) is 10.6. The Morgan fingerprint density at radius 3 is 2.26 bits per heavy atom. The van der Waals surface area contributed by atoms with E-state index in [9.17, 15) is 9.59 Å². The van der Waals surface area contributed by atoms with E-state index in [2.05, 4.69) is 18.2 Å². The Morgan fingerprint density at radius 1 is 0.926 bits per heavy atom. The Hall–Kier alpha value is -1.50. The number of carbonyl (C=O) groups is 2. The van der Waals surface area contributed by atoms with E-state index in [0.717, 1.165) is 47.5 Å². The molecule has 1 aromatic rings. The highest BCUT2D eigenvalue weighted by Gasteiger charge is 2.64. The molecule has 4 saturated carbocycles. The highest BCUT2D eigenvalue weighted by atomic mass is 127. The first-order chi connectivity index (χ1) is 13.1. The van der Waals surface area contributed by atoms with E-state index < -0.39 is 38.5 Å². The third-order valence-corrected chi connectivity index (χ3v) is 10.0. The molecule has 0 unspecified atom stereocenters. The predicted molar refractivity (Wildman–Crippen MR) is 109 cm³/mol. The number of hydrogen-bond donors (Lipinski definition) is 0. The molecule has 1 spiro atoms. The highest BCUT2D eigenvalue weighted by Crippen LogP contribution is 2.60. The number of carbonyl (C=O) groups excluding carboxylic acids is 2. The van der Waals surface area contributed by atoms with Crippen LogP contribution in [-0.4, -0.2) is 21.2 Å². The fourth-order valence-corrected chi connectivity index (χ4v) is 8.62. The summed E-state index contributed by atoms with van der Waals surface area (Å²) in [6.45, 7) is 0. The second kappa shape index (κ2) is 5.75. The summed E-state index contributed by atoms with van der Waals surface area (Å²) in [4.78, 5) is 25.9. The zero-order valence-corrected chi connectivity index (χ0v) is 17.1. The number of esters is 2. The lowest BCUT2D eigenvalue weighted by molar-refractivity contribution is -0.308. The Kier molecular flexibility index (Phi) is 3.51. The van der Waals surface area contributed by atoms with Crippen molar-refractivity contribution < 1.29 is 19.1 Å². The fourth-order valence-electron chi connectivity index (χ4n) is 6.17. The second-order valence-electron chi connectivity index (χ2n) is 8.63. The summed E-state index contributed by atoms with van der Waals surface area (Å²) in [6, 6.07) is 6.15. The van der Waals surface area contributed by atoms with E-state index in [1.165, 1.54) is 17.5 Å². The Balaban J connectivity index is 1.35. The van der Waals surface area contributed by atoms with E-state index in [1.807, 2.05) is 12.1 Å². The van der Waals surface area contributed by atoms with Crippen molar-refractivity contribution in [2.75, 3.05) is 0 Å². The van der Waals surface area contributed by atoms with Gasteiger partial charge < -0.3 is 9.47 Å². The topological polar surface area (TPSA) is 52.6 Å². The normalized spacial score (nSPS) is 38.3. The molecular weight excluding hydrogens is 455 g/mol. The Morgan fingerprint density at radius 2 is 1.59 bits per heavy atom. The van der Waals surface area contributed by atoms with Gasteiger partial charge in [0.15, 0.2) is 3.51 Å². The van der Waals surface area contributed by atoms with Crippen molar-refractivity contribution in [1.29, 1.82) is 0 Å². The molecule has 5 aliphatic carbocycles. The lowest BCUT2D eigenvalue weighted by Crippen LogP contribution is -2.65. The van der Waals surface area contributed by atoms with Crippen LogP contribution in [-0.2, 0) is 25.5 Å². The molecule has 1 heterocycles. The molecule has 7 rings (SSSR count). The van der Waals surface area contributed by atoms with E-state index in [4.69, 9.17) is 9.47 Å². The van der Waals surface area contributed by atoms with Gasteiger partial charge in [0.2, 0.25) is 0 Å². The lowest BCUT2D eigenvalue weighted by Gasteiger charge is -2.59. The Labute approximate surface area is 168 Å². The van der Waals surface area contributed by atoms with Crippen LogP contribution in [0.1, 0.15) is 43.2 Å². The van der Waals surface area contributed by atoms with Gasteiger partial charge in [-0.1, -0.05) is 45.0 Å². The van der Waals surface area contributed by atoms with Crippen LogP contribution in [0.25, 0.3) is 6.08 Å². The van der Waals surface area contributed by atoms with Crippen molar-refractivity contribution in [2.45, 2.75) is 44.3 Å². The first-order valence-corrected chi connectivity index (χ1v) is 12.0. The molecule has 1 aliphatic heterocycles. The smallest absolute Gasteiger partial charge is 0.354 e. The summed E-state index contributed by atoms with van der Waals surface area (Å²) in [7, 11) is 0. The minimum Gasteiger partial charge on any atom is -0.418 e. The third kappa shape index (κ3) is 2.36. The number of allylic oxidation sites excluding steroid dienone is 1. The average Bonchev–Trinajstić information content (AvgIpc) is 3.12. The van der Waals surface area contributed by atoms with Gasteiger partial charge in [-0.25, -0.2) is 9.59 Å². The van der Waals surface area contributed by atoms with Gasteiger partial charge in [-0.2, -0.15) is 0 Å². The number of hydrogen-bond acceptors (Lipinski definition) is 4. The van der Waals surface area contributed by atoms with Crippen LogP contribution in [0.15, 0.2) is 24.3 Å². The SMILES string of the molecule is O=C1OC2(OC(=O)C1=Ic1cccc3c1C=CC3)C1CC3CC(C1)CC2C3. The van der Waals surface area contributed by atoms with Crippen LogP contribution in [0.4, 0.5) is 0 Å². The maximum atomic E-state index is 13.0. The van der Waals surface area contributed by atoms with Crippen molar-refractivity contribution in [1.82, 2.24) is 0 Å². The van der Waals surface area contributed by atoms with E-state index in [-0.39, 0.29) is 15.3 Å². The van der Waals surface area contributed by atoms with E-state index >= 15 is 0 Å². The highest BCUT2D eigenvalue weighted by molar-refractivity contribution is 14.2. The lowest BCUT2D eigenvalue weighted by atomic mass is 9.53. The number of fused-ring (bicyclic) bond motifs is 1. The fraction of sp³-hybridized carbons (Fsp3) is 0.500. The van der Waals surface area contributed by atoms with Crippen molar-refractivity contribution in [3.05, 3.63) is 39.0 Å². The first kappa shape index (κ1) is 16.5. The maximum Gasteiger partial charge on any atom is 0.354 e. The molecule has 1 aromatic carbocycles. The molecule has 27 heavy (non-hydrogen) atoms. The monoisotopic (exact) mass is 476 g/mol. The zero-order valence-electron chi connectivity index (χ0n) is 14.9. The molecule has 0 aromatic heterocycles. The molecular formula is C22H21IO4. The molecule has 140 valence electrons. The van der Waals surface area contributed by atoms with Gasteiger partial charge in [-0.3, -0.25) is 0 Å². The molecule has 0 atom stereocenters. The predicted octanol–water partition coefficient (Wildman–Crippen LogP) is 3.82. The maximum absolute atomic E-state index is 13.0.